The number of allylic oxidation sites excluding steroid dienone is 1. The fourth-order valence-electron chi connectivity index (χ4n) is 4.92. The van der Waals surface area contributed by atoms with Crippen molar-refractivity contribution in [1.82, 2.24) is 24.4 Å². The zero-order chi connectivity index (χ0) is 35.2. The van der Waals surface area contributed by atoms with Crippen LogP contribution in [0.25, 0.3) is 11.2 Å². The van der Waals surface area contributed by atoms with E-state index in [9.17, 15) is 53.4 Å². The largest absolute Gasteiger partial charge is 0.756 e. The van der Waals surface area contributed by atoms with Crippen LogP contribution in [-0.4, -0.2) is 111 Å². The number of nitrogens with zero attached hydrogens (tertiary/aromatic N) is 5. The molecule has 0 aromatic carbocycles. The molecule has 24 nitrogen and oxygen atoms in total. The van der Waals surface area contributed by atoms with Gasteiger partial charge in [0.15, 0.2) is 23.9 Å². The molecule has 5 rings (SSSR count). The molecule has 2 aromatic heterocycles. The van der Waals surface area contributed by atoms with Crippen molar-refractivity contribution < 1.29 is 80.7 Å². The molecule has 10 atom stereocenters. The molecule has 27 heteroatoms. The second kappa shape index (κ2) is 13.9. The van der Waals surface area contributed by atoms with Crippen LogP contribution in [-0.2, 0) is 45.8 Å². The lowest BCUT2D eigenvalue weighted by atomic mass is 10.1. The molecule has 2 aromatic rings. The number of hydrogen-bond donors (Lipinski definition) is 7. The monoisotopic (exact) mass is 743 g/mol. The van der Waals surface area contributed by atoms with Gasteiger partial charge >= 0.3 is 7.82 Å². The smallest absolute Gasteiger partial charge is 0.470 e. The molecule has 48 heavy (non-hydrogen) atoms. The summed E-state index contributed by atoms with van der Waals surface area (Å²) in [6.07, 6.45) is -6.91. The van der Waals surface area contributed by atoms with Crippen molar-refractivity contribution >= 4 is 46.4 Å². The Morgan fingerprint density at radius 3 is 2.23 bits per heavy atom. The van der Waals surface area contributed by atoms with Crippen LogP contribution in [0.2, 0.25) is 0 Å². The van der Waals surface area contributed by atoms with Gasteiger partial charge in [-0.3, -0.25) is 23.0 Å². The molecule has 2 saturated heterocycles. The van der Waals surface area contributed by atoms with Crippen LogP contribution in [0.4, 0.5) is 5.82 Å². The Bertz CT molecular complexity index is 1740. The second-order valence-electron chi connectivity index (χ2n) is 10.4. The molecule has 9 N–H and O–H groups in total. The summed E-state index contributed by atoms with van der Waals surface area (Å²) in [6.45, 7) is -2.20. The lowest BCUT2D eigenvalue weighted by molar-refractivity contribution is -0.246. The van der Waals surface area contributed by atoms with Crippen molar-refractivity contribution in [2.24, 2.45) is 5.73 Å². The summed E-state index contributed by atoms with van der Waals surface area (Å²) in [5, 5.41) is 31.5. The average Bonchev–Trinajstić information content (AvgIpc) is 3.64. The number of aliphatic hydroxyl groups excluding tert-OH is 3. The van der Waals surface area contributed by atoms with Gasteiger partial charge in [-0.15, -0.1) is 0 Å². The lowest BCUT2D eigenvalue weighted by Crippen LogP contribution is -2.40. The number of phosphoric ester groups is 3. The maximum absolute atomic E-state index is 12.4. The highest BCUT2D eigenvalue weighted by Gasteiger charge is 2.50. The van der Waals surface area contributed by atoms with E-state index in [1.807, 2.05) is 0 Å². The summed E-state index contributed by atoms with van der Waals surface area (Å²) in [5.74, 6) is -0.819. The van der Waals surface area contributed by atoms with Gasteiger partial charge in [-0.05, 0) is 6.42 Å². The number of amides is 1. The number of imidazole rings is 1. The first-order valence-electron chi connectivity index (χ1n) is 13.4. The van der Waals surface area contributed by atoms with E-state index in [0.717, 1.165) is 17.2 Å². The van der Waals surface area contributed by atoms with E-state index in [0.29, 0.717) is 0 Å². The number of rotatable bonds is 13. The molecule has 2 fully saturated rings. The van der Waals surface area contributed by atoms with E-state index in [4.69, 9.17) is 20.9 Å². The van der Waals surface area contributed by atoms with Gasteiger partial charge in [0.25, 0.3) is 15.6 Å². The summed E-state index contributed by atoms with van der Waals surface area (Å²) in [6, 6.07) is 0. The summed E-state index contributed by atoms with van der Waals surface area (Å²) in [4.78, 5) is 67.9. The average molecular weight is 743 g/mol. The fraction of sp³-hybridized carbons (Fsp3) is 0.524. The zero-order valence-electron chi connectivity index (χ0n) is 24.0. The predicted molar refractivity (Wildman–Crippen MR) is 148 cm³/mol. The Morgan fingerprint density at radius 1 is 0.979 bits per heavy atom. The van der Waals surface area contributed by atoms with Gasteiger partial charge < -0.3 is 69.8 Å². The number of nitrogen functional groups attached to an aromatic ring is 1. The fourth-order valence-corrected chi connectivity index (χ4v) is 7.48. The van der Waals surface area contributed by atoms with Crippen molar-refractivity contribution in [3.8, 4) is 0 Å². The molecule has 3 aliphatic rings. The van der Waals surface area contributed by atoms with Crippen molar-refractivity contribution in [3.63, 3.8) is 0 Å². The minimum absolute atomic E-state index is 0.0164. The first kappa shape index (κ1) is 36.5. The molecule has 1 amide bonds. The highest BCUT2D eigenvalue weighted by atomic mass is 31.3. The van der Waals surface area contributed by atoms with Crippen LogP contribution in [0.15, 0.2) is 36.7 Å². The maximum atomic E-state index is 12.4. The van der Waals surface area contributed by atoms with E-state index in [1.54, 1.807) is 0 Å². The van der Waals surface area contributed by atoms with Gasteiger partial charge in [0.2, 0.25) is 5.91 Å². The second-order valence-corrected chi connectivity index (χ2v) is 14.5. The number of anilines is 1. The molecule has 266 valence electrons. The van der Waals surface area contributed by atoms with E-state index < -0.39 is 91.7 Å². The van der Waals surface area contributed by atoms with E-state index in [2.05, 4.69) is 32.8 Å². The van der Waals surface area contributed by atoms with Crippen LogP contribution >= 0.6 is 23.5 Å². The number of phosphoric acid groups is 3. The number of ether oxygens (including phenoxy) is 2. The molecular weight excluding hydrogens is 715 g/mol. The van der Waals surface area contributed by atoms with Crippen LogP contribution in [0.3, 0.4) is 0 Å². The number of aliphatic hydroxyl groups is 3. The predicted octanol–water partition coefficient (Wildman–Crippen LogP) is -3.83. The Kier molecular flexibility index (Phi) is 10.6. The van der Waals surface area contributed by atoms with Crippen LogP contribution in [0, 0.1) is 0 Å². The van der Waals surface area contributed by atoms with Crippen LogP contribution in [0.5, 0.6) is 0 Å². The normalized spacial score (nSPS) is 31.9. The summed E-state index contributed by atoms with van der Waals surface area (Å²) in [7, 11) is -16.9. The molecule has 3 aliphatic heterocycles. The number of fused-ring (bicyclic) bond motifs is 1. The molecule has 2 unspecified atom stereocenters. The minimum atomic E-state index is -5.83. The number of nitrogens with two attached hydrogens (primary N) is 2. The number of primary amides is 1. The number of carbonyl (C=O) groups excluding carboxylic acids is 1. The number of aromatic nitrogens is 4. The van der Waals surface area contributed by atoms with E-state index in [1.165, 1.54) is 23.4 Å². The Labute approximate surface area is 268 Å². The molecule has 0 saturated carbocycles. The molecule has 0 aliphatic carbocycles. The number of hydrogen-bond acceptors (Lipinski definition) is 20. The summed E-state index contributed by atoms with van der Waals surface area (Å²) >= 11 is 0. The number of carbonyl (C=O) groups is 1. The van der Waals surface area contributed by atoms with Crippen molar-refractivity contribution in [1.29, 1.82) is 0 Å². The van der Waals surface area contributed by atoms with Gasteiger partial charge in [0.05, 0.1) is 19.5 Å². The zero-order valence-corrected chi connectivity index (χ0v) is 26.7. The first-order chi connectivity index (χ1) is 22.4. The summed E-state index contributed by atoms with van der Waals surface area (Å²) < 4.78 is 66.2. The van der Waals surface area contributed by atoms with E-state index >= 15 is 0 Å². The summed E-state index contributed by atoms with van der Waals surface area (Å²) in [5.41, 5.74) is 11.2. The van der Waals surface area contributed by atoms with Gasteiger partial charge in [-0.2, -0.15) is 0 Å². The highest BCUT2D eigenvalue weighted by molar-refractivity contribution is 7.59. The third-order valence-electron chi connectivity index (χ3n) is 7.09. The Balaban J connectivity index is 1.20. The lowest BCUT2D eigenvalue weighted by Gasteiger charge is -2.32. The van der Waals surface area contributed by atoms with Crippen LogP contribution in [0.1, 0.15) is 12.6 Å². The molecule has 5 heterocycles. The van der Waals surface area contributed by atoms with E-state index in [-0.39, 0.29) is 29.0 Å². The Morgan fingerprint density at radius 2 is 1.60 bits per heavy atom. The van der Waals surface area contributed by atoms with Crippen molar-refractivity contribution in [3.05, 3.63) is 36.7 Å². The van der Waals surface area contributed by atoms with Gasteiger partial charge in [0, 0.05) is 18.0 Å². The standard InChI is InChI=1S/C21H30N7O17P3/c22-17-12-19(25-7-24-17)28(8-26-12)21-16(44-46(33,34)35)14(30)11(43-21)6-41-48(38,39)45-47(36,37)40-5-10-13(29)15(31)20(42-10)27-3-1-2-9(4-27)18(23)32/h1,3-4,7-8,10-11,13-16,20-21,29-31H,2,5-6H2,(H2,23,32)(H,36,37)(H,38,39)(H2,22,24,25)(H2,33,34,35)/p-2/t10-,11-,13-,14-,15-,16-,20-,21-/m1/s1. The van der Waals surface area contributed by atoms with Gasteiger partial charge in [-0.1, -0.05) is 6.08 Å². The SMILES string of the molecule is NC(=O)C1=CN([C@@H]2O[C@H](COP(=O)([O-])OP(=O)([O-])OC[C@H]3O[C@@H](n4cnc5c(N)ncnc54)[C@H](OP(=O)(O)O)[C@@H]3O)[C@@H](O)[C@H]2O)C=CC1. The minimum Gasteiger partial charge on any atom is -0.756 e. The molecule has 0 bridgehead atoms. The molecule has 0 radical (unpaired) electrons. The van der Waals surface area contributed by atoms with Gasteiger partial charge in [0.1, 0.15) is 48.5 Å². The third kappa shape index (κ3) is 8.17. The first-order valence-corrected chi connectivity index (χ1v) is 17.9. The molecule has 0 spiro atoms. The van der Waals surface area contributed by atoms with Crippen LogP contribution < -0.4 is 21.3 Å². The quantitative estimate of drug-likeness (QED) is 0.0966. The topological polar surface area (TPSA) is 370 Å². The van der Waals surface area contributed by atoms with Gasteiger partial charge in [-0.25, -0.2) is 23.8 Å². The van der Waals surface area contributed by atoms with Crippen molar-refractivity contribution in [2.75, 3.05) is 18.9 Å². The molecular formula is C21H28N7O17P3-2. The highest BCUT2D eigenvalue weighted by Crippen LogP contribution is 2.56. The maximum Gasteiger partial charge on any atom is 0.470 e. The van der Waals surface area contributed by atoms with Crippen molar-refractivity contribution in [2.45, 2.75) is 55.5 Å². The Hall–Kier alpha value is -2.73. The third-order valence-corrected chi connectivity index (χ3v) is 10.1.